The van der Waals surface area contributed by atoms with E-state index in [-0.39, 0.29) is 11.8 Å². The molecule has 0 aliphatic carbocycles. The molecule has 1 heterocycles. The van der Waals surface area contributed by atoms with Gasteiger partial charge in [-0.05, 0) is 23.1 Å². The van der Waals surface area contributed by atoms with Crippen molar-refractivity contribution in [3.63, 3.8) is 0 Å². The van der Waals surface area contributed by atoms with Gasteiger partial charge in [-0.15, -0.1) is 0 Å². The van der Waals surface area contributed by atoms with Gasteiger partial charge in [-0.3, -0.25) is 9.48 Å². The summed E-state index contributed by atoms with van der Waals surface area (Å²) >= 11 is 0. The first kappa shape index (κ1) is 15.3. The third-order valence-corrected chi connectivity index (χ3v) is 3.48. The largest absolute Gasteiger partial charge is 0.351 e. The average molecular weight is 286 g/mol. The molecule has 3 N–H and O–H groups in total. The first-order valence-electron chi connectivity index (χ1n) is 7.15. The maximum atomic E-state index is 11.9. The topological polar surface area (TPSA) is 72.9 Å². The van der Waals surface area contributed by atoms with E-state index in [0.29, 0.717) is 13.1 Å². The van der Waals surface area contributed by atoms with Gasteiger partial charge in [0, 0.05) is 18.9 Å². The van der Waals surface area contributed by atoms with Crippen molar-refractivity contribution in [3.8, 4) is 0 Å². The highest BCUT2D eigenvalue weighted by molar-refractivity contribution is 5.81. The number of carbonyl (C=O) groups is 1. The number of benzene rings is 1. The zero-order valence-corrected chi connectivity index (χ0v) is 12.5. The van der Waals surface area contributed by atoms with Gasteiger partial charge < -0.3 is 11.1 Å². The maximum absolute atomic E-state index is 11.9. The van der Waals surface area contributed by atoms with Crippen LogP contribution >= 0.6 is 0 Å². The number of nitrogens with two attached hydrogens (primary N) is 1. The molecule has 5 heteroatoms. The first-order valence-corrected chi connectivity index (χ1v) is 7.15. The number of nitrogens with zero attached hydrogens (tertiary/aromatic N) is 2. The molecule has 0 saturated carbocycles. The monoisotopic (exact) mass is 286 g/mol. The predicted octanol–water partition coefficient (Wildman–Crippen LogP) is 1.53. The lowest BCUT2D eigenvalue weighted by Gasteiger charge is -2.16. The second kappa shape index (κ2) is 7.04. The fourth-order valence-corrected chi connectivity index (χ4v) is 2.06. The highest BCUT2D eigenvalue weighted by Gasteiger charge is 2.16. The van der Waals surface area contributed by atoms with E-state index >= 15 is 0 Å². The molecule has 0 fully saturated rings. The number of hydrogen-bond acceptors (Lipinski definition) is 3. The molecule has 0 aliphatic heterocycles. The standard InChI is InChI=1S/C16H22N4O/c1-12(2)15(17)16(21)18-10-13-6-3-4-7-14(13)11-20-9-5-8-19-20/h3-9,12,15H,10-11,17H2,1-2H3,(H,18,21)/t15-/m0/s1. The second-order valence-electron chi connectivity index (χ2n) is 5.46. The molecular formula is C16H22N4O. The van der Waals surface area contributed by atoms with Crippen molar-refractivity contribution >= 4 is 5.91 Å². The fourth-order valence-electron chi connectivity index (χ4n) is 2.06. The van der Waals surface area contributed by atoms with E-state index < -0.39 is 6.04 Å². The lowest BCUT2D eigenvalue weighted by molar-refractivity contribution is -0.123. The van der Waals surface area contributed by atoms with Crippen molar-refractivity contribution in [2.24, 2.45) is 11.7 Å². The van der Waals surface area contributed by atoms with Crippen LogP contribution in [0.4, 0.5) is 0 Å². The van der Waals surface area contributed by atoms with Gasteiger partial charge in [0.15, 0.2) is 0 Å². The fraction of sp³-hybridized carbons (Fsp3) is 0.375. The molecule has 1 atom stereocenters. The van der Waals surface area contributed by atoms with E-state index in [1.807, 2.05) is 55.1 Å². The molecule has 112 valence electrons. The van der Waals surface area contributed by atoms with Crippen LogP contribution in [0, 0.1) is 5.92 Å². The summed E-state index contributed by atoms with van der Waals surface area (Å²) in [6.07, 6.45) is 3.68. The van der Waals surface area contributed by atoms with Crippen molar-refractivity contribution in [2.75, 3.05) is 0 Å². The van der Waals surface area contributed by atoms with Crippen LogP contribution < -0.4 is 11.1 Å². The number of hydrogen-bond donors (Lipinski definition) is 2. The molecule has 21 heavy (non-hydrogen) atoms. The van der Waals surface area contributed by atoms with Gasteiger partial charge >= 0.3 is 0 Å². The van der Waals surface area contributed by atoms with Gasteiger partial charge in [0.1, 0.15) is 0 Å². The molecule has 2 rings (SSSR count). The molecule has 0 radical (unpaired) electrons. The van der Waals surface area contributed by atoms with Crippen LogP contribution in [-0.2, 0) is 17.9 Å². The van der Waals surface area contributed by atoms with Crippen LogP contribution in [0.15, 0.2) is 42.7 Å². The maximum Gasteiger partial charge on any atom is 0.237 e. The van der Waals surface area contributed by atoms with Gasteiger partial charge in [-0.25, -0.2) is 0 Å². The van der Waals surface area contributed by atoms with Gasteiger partial charge in [-0.2, -0.15) is 5.10 Å². The van der Waals surface area contributed by atoms with Crippen LogP contribution in [0.3, 0.4) is 0 Å². The molecule has 0 bridgehead atoms. The second-order valence-corrected chi connectivity index (χ2v) is 5.46. The van der Waals surface area contributed by atoms with Crippen LogP contribution in [-0.4, -0.2) is 21.7 Å². The summed E-state index contributed by atoms with van der Waals surface area (Å²) < 4.78 is 1.86. The molecule has 0 saturated heterocycles. The van der Waals surface area contributed by atoms with Crippen LogP contribution in [0.5, 0.6) is 0 Å². The zero-order chi connectivity index (χ0) is 15.2. The van der Waals surface area contributed by atoms with Gasteiger partial charge in [-0.1, -0.05) is 38.1 Å². The van der Waals surface area contributed by atoms with E-state index in [9.17, 15) is 4.79 Å². The highest BCUT2D eigenvalue weighted by atomic mass is 16.2. The molecule has 0 aliphatic rings. The van der Waals surface area contributed by atoms with Crippen molar-refractivity contribution in [2.45, 2.75) is 33.0 Å². The van der Waals surface area contributed by atoms with E-state index in [4.69, 9.17) is 5.73 Å². The molecule has 0 unspecified atom stereocenters. The quantitative estimate of drug-likeness (QED) is 0.846. The van der Waals surface area contributed by atoms with Crippen LogP contribution in [0.1, 0.15) is 25.0 Å². The van der Waals surface area contributed by atoms with Crippen molar-refractivity contribution in [1.29, 1.82) is 0 Å². The Balaban J connectivity index is 2.02. The third-order valence-electron chi connectivity index (χ3n) is 3.48. The summed E-state index contributed by atoms with van der Waals surface area (Å²) in [5, 5.41) is 7.12. The highest BCUT2D eigenvalue weighted by Crippen LogP contribution is 2.10. The number of rotatable bonds is 6. The summed E-state index contributed by atoms with van der Waals surface area (Å²) in [5.41, 5.74) is 8.07. The third kappa shape index (κ3) is 4.16. The SMILES string of the molecule is CC(C)[C@H](N)C(=O)NCc1ccccc1Cn1cccn1. The predicted molar refractivity (Wildman–Crippen MR) is 82.4 cm³/mol. The van der Waals surface area contributed by atoms with Gasteiger partial charge in [0.2, 0.25) is 5.91 Å². The Labute approximate surface area is 125 Å². The number of aromatic nitrogens is 2. The average Bonchev–Trinajstić information content (AvgIpc) is 2.98. The summed E-state index contributed by atoms with van der Waals surface area (Å²) in [7, 11) is 0. The van der Waals surface area contributed by atoms with Crippen molar-refractivity contribution < 1.29 is 4.79 Å². The van der Waals surface area contributed by atoms with E-state index in [1.54, 1.807) is 6.20 Å². The molecule has 5 nitrogen and oxygen atoms in total. The normalized spacial score (nSPS) is 12.4. The Kier molecular flexibility index (Phi) is 5.11. The number of nitrogens with one attached hydrogen (secondary N) is 1. The zero-order valence-electron chi connectivity index (χ0n) is 12.5. The Morgan fingerprint density at radius 3 is 2.62 bits per heavy atom. The van der Waals surface area contributed by atoms with Crippen molar-refractivity contribution in [1.82, 2.24) is 15.1 Å². The summed E-state index contributed by atoms with van der Waals surface area (Å²) in [6, 6.07) is 9.45. The lowest BCUT2D eigenvalue weighted by Crippen LogP contribution is -2.43. The Bertz CT molecular complexity index is 578. The van der Waals surface area contributed by atoms with E-state index in [2.05, 4.69) is 10.4 Å². The number of amides is 1. The van der Waals surface area contributed by atoms with Gasteiger partial charge in [0.05, 0.1) is 12.6 Å². The van der Waals surface area contributed by atoms with Crippen LogP contribution in [0.2, 0.25) is 0 Å². The molecule has 2 aromatic rings. The minimum atomic E-state index is -0.469. The molecule has 1 aromatic heterocycles. The molecule has 1 amide bonds. The molecule has 1 aromatic carbocycles. The Morgan fingerprint density at radius 1 is 1.29 bits per heavy atom. The Morgan fingerprint density at radius 2 is 2.00 bits per heavy atom. The Hall–Kier alpha value is -2.14. The van der Waals surface area contributed by atoms with E-state index in [0.717, 1.165) is 11.1 Å². The van der Waals surface area contributed by atoms with Gasteiger partial charge in [0.25, 0.3) is 0 Å². The summed E-state index contributed by atoms with van der Waals surface area (Å²) in [6.45, 7) is 5.05. The minimum absolute atomic E-state index is 0.112. The van der Waals surface area contributed by atoms with E-state index in [1.165, 1.54) is 0 Å². The number of carbonyl (C=O) groups excluding carboxylic acids is 1. The summed E-state index contributed by atoms with van der Waals surface area (Å²) in [5.74, 6) is 0.0169. The lowest BCUT2D eigenvalue weighted by atomic mass is 10.0. The van der Waals surface area contributed by atoms with Crippen LogP contribution in [0.25, 0.3) is 0 Å². The van der Waals surface area contributed by atoms with Crippen molar-refractivity contribution in [3.05, 3.63) is 53.9 Å². The summed E-state index contributed by atoms with van der Waals surface area (Å²) in [4.78, 5) is 11.9. The smallest absolute Gasteiger partial charge is 0.237 e. The minimum Gasteiger partial charge on any atom is -0.351 e. The molecule has 0 spiro atoms. The molecular weight excluding hydrogens is 264 g/mol. The first-order chi connectivity index (χ1) is 10.1.